The summed E-state index contributed by atoms with van der Waals surface area (Å²) in [6.07, 6.45) is 6.42. The molecule has 1 saturated carbocycles. The van der Waals surface area contributed by atoms with Gasteiger partial charge in [-0.15, -0.1) is 11.3 Å². The molecule has 3 aromatic rings. The summed E-state index contributed by atoms with van der Waals surface area (Å²) in [7, 11) is 1.45. The van der Waals surface area contributed by atoms with Crippen molar-refractivity contribution in [2.24, 2.45) is 5.92 Å². The monoisotopic (exact) mass is 551 g/mol. The molecule has 0 bridgehead atoms. The molecular formula is C31H34ClNO4S. The minimum Gasteiger partial charge on any atom is -0.469 e. The Labute approximate surface area is 233 Å². The molecule has 38 heavy (non-hydrogen) atoms. The quantitative estimate of drug-likeness (QED) is 0.180. The number of aromatic nitrogens is 1. The number of hydrogen-bond donors (Lipinski definition) is 0. The van der Waals surface area contributed by atoms with E-state index in [1.165, 1.54) is 24.0 Å². The van der Waals surface area contributed by atoms with Crippen LogP contribution in [0.5, 0.6) is 0 Å². The van der Waals surface area contributed by atoms with Gasteiger partial charge >= 0.3 is 5.97 Å². The number of esters is 1. The molecule has 5 nitrogen and oxygen atoms in total. The first-order chi connectivity index (χ1) is 18.3. The molecule has 0 spiro atoms. The summed E-state index contributed by atoms with van der Waals surface area (Å²) >= 11 is 7.36. The van der Waals surface area contributed by atoms with Crippen LogP contribution in [0.2, 0.25) is 5.02 Å². The zero-order chi connectivity index (χ0) is 27.1. The largest absolute Gasteiger partial charge is 0.469 e. The van der Waals surface area contributed by atoms with E-state index in [4.69, 9.17) is 16.3 Å². The highest BCUT2D eigenvalue weighted by Crippen LogP contribution is 2.37. The molecule has 0 aliphatic heterocycles. The maximum absolute atomic E-state index is 12.8. The highest BCUT2D eigenvalue weighted by atomic mass is 35.5. The third-order valence-corrected chi connectivity index (χ3v) is 8.88. The fourth-order valence-electron chi connectivity index (χ4n) is 5.17. The summed E-state index contributed by atoms with van der Waals surface area (Å²) in [6, 6.07) is 15.8. The lowest BCUT2D eigenvalue weighted by Gasteiger charge is -2.28. The summed E-state index contributed by atoms with van der Waals surface area (Å²) in [5.41, 5.74) is 3.99. The van der Waals surface area contributed by atoms with Crippen LogP contribution in [0.15, 0.2) is 48.5 Å². The van der Waals surface area contributed by atoms with Crippen molar-refractivity contribution in [1.29, 1.82) is 0 Å². The predicted molar refractivity (Wildman–Crippen MR) is 152 cm³/mol. The Balaban J connectivity index is 1.21. The van der Waals surface area contributed by atoms with Crippen molar-refractivity contribution in [1.82, 2.24) is 4.98 Å². The van der Waals surface area contributed by atoms with E-state index in [9.17, 15) is 14.4 Å². The lowest BCUT2D eigenvalue weighted by atomic mass is 9.77. The molecular weight excluding hydrogens is 518 g/mol. The second kappa shape index (κ2) is 13.3. The molecule has 0 amide bonds. The number of methoxy groups -OCH3 is 1. The molecule has 2 aromatic carbocycles. The third kappa shape index (κ3) is 7.61. The molecule has 1 fully saturated rings. The summed E-state index contributed by atoms with van der Waals surface area (Å²) in [5.74, 6) is 1.01. The van der Waals surface area contributed by atoms with E-state index in [0.29, 0.717) is 53.8 Å². The predicted octanol–water partition coefficient (Wildman–Crippen LogP) is 7.77. The van der Waals surface area contributed by atoms with Gasteiger partial charge < -0.3 is 4.74 Å². The Kier molecular flexibility index (Phi) is 9.86. The van der Waals surface area contributed by atoms with Gasteiger partial charge in [0, 0.05) is 36.3 Å². The Hall–Kier alpha value is -2.83. The van der Waals surface area contributed by atoms with Crippen LogP contribution in [-0.2, 0) is 20.7 Å². The van der Waals surface area contributed by atoms with Crippen molar-refractivity contribution in [3.8, 4) is 10.6 Å². The third-order valence-electron chi connectivity index (χ3n) is 7.38. The van der Waals surface area contributed by atoms with Gasteiger partial charge in [-0.05, 0) is 74.1 Å². The van der Waals surface area contributed by atoms with E-state index in [0.717, 1.165) is 47.5 Å². The van der Waals surface area contributed by atoms with E-state index in [2.05, 4.69) is 29.2 Å². The average Bonchev–Trinajstić information content (AvgIpc) is 3.31. The van der Waals surface area contributed by atoms with Gasteiger partial charge in [0.25, 0.3) is 0 Å². The maximum atomic E-state index is 12.8. The Morgan fingerprint density at radius 3 is 2.32 bits per heavy atom. The van der Waals surface area contributed by atoms with Gasteiger partial charge in [0.2, 0.25) is 0 Å². The van der Waals surface area contributed by atoms with Crippen LogP contribution in [0.4, 0.5) is 0 Å². The summed E-state index contributed by atoms with van der Waals surface area (Å²) in [6.45, 7) is 1.85. The lowest BCUT2D eigenvalue weighted by molar-refractivity contribution is -0.142. The number of thiazole rings is 1. The van der Waals surface area contributed by atoms with Crippen LogP contribution >= 0.6 is 22.9 Å². The minimum atomic E-state index is -0.117. The molecule has 0 saturated heterocycles. The molecule has 200 valence electrons. The highest BCUT2D eigenvalue weighted by molar-refractivity contribution is 7.17. The SMILES string of the molecule is COC(=O)CC1CCC(c2ccc(CC(=O)CCCC(=O)c3sc(-c4ccc(Cl)cc4)nc3C)cc2)CC1. The molecule has 1 aliphatic rings. The number of aryl methyl sites for hydroxylation is 1. The van der Waals surface area contributed by atoms with Gasteiger partial charge in [0.05, 0.1) is 17.7 Å². The standard InChI is InChI=1S/C31H34ClNO4S/c1-20-30(38-31(33-20)25-14-16-26(32)17-15-25)28(35)5-3-4-27(34)18-21-6-10-23(11-7-21)24-12-8-22(9-13-24)19-29(36)37-2/h6-7,10-11,14-17,22,24H,3-5,8-9,12-13,18-19H2,1-2H3. The number of Topliss-reactive ketones (excluding diaryl/α,β-unsaturated/α-hetero) is 2. The number of hydrogen-bond acceptors (Lipinski definition) is 6. The molecule has 7 heteroatoms. The number of carbonyl (C=O) groups is 3. The van der Waals surface area contributed by atoms with Crippen LogP contribution in [0.1, 0.15) is 83.8 Å². The smallest absolute Gasteiger partial charge is 0.305 e. The van der Waals surface area contributed by atoms with Crippen molar-refractivity contribution in [3.05, 3.63) is 75.3 Å². The van der Waals surface area contributed by atoms with Crippen molar-refractivity contribution in [3.63, 3.8) is 0 Å². The number of rotatable bonds is 11. The molecule has 0 atom stereocenters. The number of benzene rings is 2. The fraction of sp³-hybridized carbons (Fsp3) is 0.419. The Bertz CT molecular complexity index is 1260. The van der Waals surface area contributed by atoms with Crippen molar-refractivity contribution < 1.29 is 19.1 Å². The van der Waals surface area contributed by atoms with Crippen molar-refractivity contribution >= 4 is 40.5 Å². The number of nitrogens with zero attached hydrogens (tertiary/aromatic N) is 1. The first-order valence-electron chi connectivity index (χ1n) is 13.3. The highest BCUT2D eigenvalue weighted by Gasteiger charge is 2.24. The van der Waals surface area contributed by atoms with E-state index >= 15 is 0 Å². The van der Waals surface area contributed by atoms with E-state index < -0.39 is 0 Å². The van der Waals surface area contributed by atoms with Gasteiger partial charge in [-0.3, -0.25) is 14.4 Å². The van der Waals surface area contributed by atoms with Gasteiger partial charge in [0.1, 0.15) is 10.8 Å². The minimum absolute atomic E-state index is 0.0404. The van der Waals surface area contributed by atoms with E-state index in [-0.39, 0.29) is 17.5 Å². The number of halogens is 1. The molecule has 1 aliphatic carbocycles. The molecule has 4 rings (SSSR count). The summed E-state index contributed by atoms with van der Waals surface area (Å²) in [4.78, 5) is 42.1. The van der Waals surface area contributed by atoms with Crippen LogP contribution in [0.3, 0.4) is 0 Å². The lowest BCUT2D eigenvalue weighted by Crippen LogP contribution is -2.17. The first kappa shape index (κ1) is 28.2. The second-order valence-electron chi connectivity index (χ2n) is 10.2. The van der Waals surface area contributed by atoms with Crippen molar-refractivity contribution in [2.75, 3.05) is 7.11 Å². The normalized spacial score (nSPS) is 17.2. The maximum Gasteiger partial charge on any atom is 0.305 e. The Morgan fingerprint density at radius 2 is 1.66 bits per heavy atom. The molecule has 1 heterocycles. The van der Waals surface area contributed by atoms with Crippen LogP contribution in [0, 0.1) is 12.8 Å². The fourth-order valence-corrected chi connectivity index (χ4v) is 6.34. The van der Waals surface area contributed by atoms with E-state index in [1.54, 1.807) is 0 Å². The number of carbonyl (C=O) groups excluding carboxylic acids is 3. The van der Waals surface area contributed by atoms with Crippen LogP contribution in [-0.4, -0.2) is 29.6 Å². The molecule has 0 radical (unpaired) electrons. The molecule has 1 aromatic heterocycles. The van der Waals surface area contributed by atoms with Crippen LogP contribution < -0.4 is 0 Å². The first-order valence-corrected chi connectivity index (χ1v) is 14.5. The number of ether oxygens (including phenoxy) is 1. The van der Waals surface area contributed by atoms with Crippen LogP contribution in [0.25, 0.3) is 10.6 Å². The van der Waals surface area contributed by atoms with Gasteiger partial charge in [-0.25, -0.2) is 4.98 Å². The Morgan fingerprint density at radius 1 is 0.974 bits per heavy atom. The summed E-state index contributed by atoms with van der Waals surface area (Å²) in [5, 5.41) is 1.46. The number of ketones is 2. The van der Waals surface area contributed by atoms with Gasteiger partial charge in [0.15, 0.2) is 5.78 Å². The van der Waals surface area contributed by atoms with Gasteiger partial charge in [-0.2, -0.15) is 0 Å². The second-order valence-corrected chi connectivity index (χ2v) is 11.6. The zero-order valence-corrected chi connectivity index (χ0v) is 23.6. The molecule has 0 unspecified atom stereocenters. The topological polar surface area (TPSA) is 73.3 Å². The average molecular weight is 552 g/mol. The van der Waals surface area contributed by atoms with Gasteiger partial charge in [-0.1, -0.05) is 48.0 Å². The van der Waals surface area contributed by atoms with E-state index in [1.807, 2.05) is 31.2 Å². The summed E-state index contributed by atoms with van der Waals surface area (Å²) < 4.78 is 4.80. The molecule has 0 N–H and O–H groups in total. The van der Waals surface area contributed by atoms with Crippen molar-refractivity contribution in [2.45, 2.75) is 70.6 Å². The zero-order valence-electron chi connectivity index (χ0n) is 22.0.